The number of H-pyrrole nitrogens is 1. The maximum atomic E-state index is 12.5. The zero-order valence-electron chi connectivity index (χ0n) is 12.6. The number of fused-ring (bicyclic) bond motifs is 2. The van der Waals surface area contributed by atoms with Crippen molar-refractivity contribution in [1.82, 2.24) is 10.2 Å². The van der Waals surface area contributed by atoms with Crippen LogP contribution in [0.5, 0.6) is 5.75 Å². The third-order valence-corrected chi connectivity index (χ3v) is 4.55. The molecule has 1 aromatic carbocycles. The molecule has 1 aromatic heterocycles. The highest BCUT2D eigenvalue weighted by molar-refractivity contribution is 5.93. The number of amides is 1. The largest absolute Gasteiger partial charge is 0.490 e. The number of nitrogens with one attached hydrogen (secondary N) is 2. The summed E-state index contributed by atoms with van der Waals surface area (Å²) in [7, 11) is 0. The van der Waals surface area contributed by atoms with Gasteiger partial charge in [-0.05, 0) is 55.5 Å². The Hall–Kier alpha value is -2.30. The molecular weight excluding hydrogens is 278 g/mol. The number of nitrogens with zero attached hydrogens (tertiary/aromatic N) is 1. The summed E-state index contributed by atoms with van der Waals surface area (Å²) in [6.45, 7) is 2.06. The molecule has 2 aromatic rings. The Labute approximate surface area is 129 Å². The molecule has 0 saturated heterocycles. The highest BCUT2D eigenvalue weighted by atomic mass is 16.5. The third kappa shape index (κ3) is 2.36. The number of aromatic nitrogens is 2. The molecular formula is C17H19N3O2. The van der Waals surface area contributed by atoms with Gasteiger partial charge in [-0.2, -0.15) is 5.10 Å². The van der Waals surface area contributed by atoms with Crippen LogP contribution in [0.2, 0.25) is 0 Å². The van der Waals surface area contributed by atoms with Crippen LogP contribution in [0.15, 0.2) is 24.4 Å². The summed E-state index contributed by atoms with van der Waals surface area (Å²) in [5, 5.41) is 10.1. The smallest absolute Gasteiger partial charge is 0.227 e. The summed E-state index contributed by atoms with van der Waals surface area (Å²) >= 11 is 0. The van der Waals surface area contributed by atoms with E-state index in [1.807, 2.05) is 24.4 Å². The second kappa shape index (κ2) is 5.16. The Morgan fingerprint density at radius 3 is 3.18 bits per heavy atom. The van der Waals surface area contributed by atoms with E-state index in [9.17, 15) is 4.79 Å². The number of aromatic amines is 1. The lowest BCUT2D eigenvalue weighted by molar-refractivity contribution is -0.120. The highest BCUT2D eigenvalue weighted by Crippen LogP contribution is 2.31. The van der Waals surface area contributed by atoms with E-state index in [4.69, 9.17) is 4.74 Å². The van der Waals surface area contributed by atoms with Crippen molar-refractivity contribution in [2.45, 2.75) is 38.7 Å². The number of hydrogen-bond donors (Lipinski definition) is 2. The first-order valence-corrected chi connectivity index (χ1v) is 7.80. The van der Waals surface area contributed by atoms with Gasteiger partial charge in [0.25, 0.3) is 0 Å². The molecule has 2 heterocycles. The third-order valence-electron chi connectivity index (χ3n) is 4.55. The molecule has 1 amide bonds. The van der Waals surface area contributed by atoms with Gasteiger partial charge in [0.2, 0.25) is 5.91 Å². The summed E-state index contributed by atoms with van der Waals surface area (Å²) in [6.07, 6.45) is 5.49. The number of carbonyl (C=O) groups is 1. The lowest BCUT2D eigenvalue weighted by atomic mass is 9.87. The molecule has 114 valence electrons. The summed E-state index contributed by atoms with van der Waals surface area (Å²) in [6, 6.07) is 5.90. The first kappa shape index (κ1) is 13.4. The summed E-state index contributed by atoms with van der Waals surface area (Å²) < 4.78 is 5.69. The van der Waals surface area contributed by atoms with Gasteiger partial charge < -0.3 is 10.1 Å². The molecule has 0 fully saturated rings. The van der Waals surface area contributed by atoms with E-state index in [1.54, 1.807) is 0 Å². The molecule has 1 aliphatic heterocycles. The predicted octanol–water partition coefficient (Wildman–Crippen LogP) is 2.48. The van der Waals surface area contributed by atoms with Crippen molar-refractivity contribution >= 4 is 11.6 Å². The number of aryl methyl sites for hydroxylation is 1. The molecule has 2 unspecified atom stereocenters. The first-order chi connectivity index (χ1) is 10.7. The lowest BCUT2D eigenvalue weighted by Gasteiger charge is -2.21. The van der Waals surface area contributed by atoms with Crippen molar-refractivity contribution in [3.05, 3.63) is 41.2 Å². The topological polar surface area (TPSA) is 67.0 Å². The molecule has 5 nitrogen and oxygen atoms in total. The van der Waals surface area contributed by atoms with Crippen LogP contribution in [-0.2, 0) is 24.1 Å². The minimum Gasteiger partial charge on any atom is -0.490 e. The van der Waals surface area contributed by atoms with Crippen LogP contribution in [0.1, 0.15) is 30.2 Å². The Balaban J connectivity index is 1.46. The number of carbonyl (C=O) groups excluding carboxylic acids is 1. The SMILES string of the molecule is CC1Cc2cc(NC(=O)C3CCc4[nH]ncc4C3)ccc2O1. The van der Waals surface area contributed by atoms with Crippen molar-refractivity contribution < 1.29 is 9.53 Å². The van der Waals surface area contributed by atoms with Crippen molar-refractivity contribution in [2.24, 2.45) is 5.92 Å². The molecule has 2 N–H and O–H groups in total. The van der Waals surface area contributed by atoms with E-state index in [0.29, 0.717) is 0 Å². The maximum Gasteiger partial charge on any atom is 0.227 e. The van der Waals surface area contributed by atoms with Crippen LogP contribution in [0.25, 0.3) is 0 Å². The molecule has 2 aliphatic rings. The van der Waals surface area contributed by atoms with Crippen LogP contribution in [-0.4, -0.2) is 22.2 Å². The van der Waals surface area contributed by atoms with Crippen LogP contribution >= 0.6 is 0 Å². The molecule has 22 heavy (non-hydrogen) atoms. The fourth-order valence-corrected chi connectivity index (χ4v) is 3.38. The van der Waals surface area contributed by atoms with E-state index in [1.165, 1.54) is 16.8 Å². The fraction of sp³-hybridized carbons (Fsp3) is 0.412. The number of anilines is 1. The van der Waals surface area contributed by atoms with Gasteiger partial charge in [0, 0.05) is 23.7 Å². The molecule has 0 spiro atoms. The van der Waals surface area contributed by atoms with Crippen LogP contribution < -0.4 is 10.1 Å². The minimum absolute atomic E-state index is 0.0218. The van der Waals surface area contributed by atoms with E-state index >= 15 is 0 Å². The van der Waals surface area contributed by atoms with Crippen LogP contribution in [0.3, 0.4) is 0 Å². The fourth-order valence-electron chi connectivity index (χ4n) is 3.38. The Kier molecular flexibility index (Phi) is 3.13. The quantitative estimate of drug-likeness (QED) is 0.895. The lowest BCUT2D eigenvalue weighted by Crippen LogP contribution is -2.27. The zero-order chi connectivity index (χ0) is 15.1. The van der Waals surface area contributed by atoms with Gasteiger partial charge in [-0.3, -0.25) is 9.89 Å². The van der Waals surface area contributed by atoms with Crippen molar-refractivity contribution in [1.29, 1.82) is 0 Å². The standard InChI is InChI=1S/C17H19N3O2/c1-10-6-12-8-14(3-5-16(12)22-10)19-17(21)11-2-4-15-13(7-11)9-18-20-15/h3,5,8-11H,2,4,6-7H2,1H3,(H,18,20)(H,19,21). The van der Waals surface area contributed by atoms with Gasteiger partial charge in [0.05, 0.1) is 6.20 Å². The summed E-state index contributed by atoms with van der Waals surface area (Å²) in [5.74, 6) is 1.05. The molecule has 1 aliphatic carbocycles. The second-order valence-electron chi connectivity index (χ2n) is 6.26. The number of ether oxygens (including phenoxy) is 1. The molecule has 4 rings (SSSR count). The van der Waals surface area contributed by atoms with E-state index in [2.05, 4.69) is 22.4 Å². The Morgan fingerprint density at radius 2 is 2.27 bits per heavy atom. The summed E-state index contributed by atoms with van der Waals surface area (Å²) in [4.78, 5) is 12.5. The van der Waals surface area contributed by atoms with Crippen molar-refractivity contribution in [3.63, 3.8) is 0 Å². The molecule has 0 bridgehead atoms. The average molecular weight is 297 g/mol. The molecule has 0 saturated carbocycles. The Bertz CT molecular complexity index is 722. The predicted molar refractivity (Wildman–Crippen MR) is 83.0 cm³/mol. The van der Waals surface area contributed by atoms with Gasteiger partial charge >= 0.3 is 0 Å². The average Bonchev–Trinajstić information content (AvgIpc) is 3.10. The Morgan fingerprint density at radius 1 is 1.36 bits per heavy atom. The molecule has 0 radical (unpaired) electrons. The summed E-state index contributed by atoms with van der Waals surface area (Å²) in [5.41, 5.74) is 4.38. The number of rotatable bonds is 2. The first-order valence-electron chi connectivity index (χ1n) is 7.80. The maximum absolute atomic E-state index is 12.5. The molecule has 2 atom stereocenters. The van der Waals surface area contributed by atoms with E-state index in [0.717, 1.165) is 37.1 Å². The van der Waals surface area contributed by atoms with Gasteiger partial charge in [-0.25, -0.2) is 0 Å². The van der Waals surface area contributed by atoms with E-state index in [-0.39, 0.29) is 17.9 Å². The van der Waals surface area contributed by atoms with Crippen LogP contribution in [0, 0.1) is 5.92 Å². The van der Waals surface area contributed by atoms with Gasteiger partial charge in [0.15, 0.2) is 0 Å². The van der Waals surface area contributed by atoms with Crippen molar-refractivity contribution in [2.75, 3.05) is 5.32 Å². The monoisotopic (exact) mass is 297 g/mol. The van der Waals surface area contributed by atoms with E-state index < -0.39 is 0 Å². The zero-order valence-corrected chi connectivity index (χ0v) is 12.6. The highest BCUT2D eigenvalue weighted by Gasteiger charge is 2.26. The van der Waals surface area contributed by atoms with Crippen LogP contribution in [0.4, 0.5) is 5.69 Å². The number of hydrogen-bond acceptors (Lipinski definition) is 3. The van der Waals surface area contributed by atoms with Gasteiger partial charge in [0.1, 0.15) is 11.9 Å². The second-order valence-corrected chi connectivity index (χ2v) is 6.26. The molecule has 5 heteroatoms. The van der Waals surface area contributed by atoms with Gasteiger partial charge in [-0.15, -0.1) is 0 Å². The minimum atomic E-state index is 0.0218. The normalized spacial score (nSPS) is 22.6. The van der Waals surface area contributed by atoms with Gasteiger partial charge in [-0.1, -0.05) is 0 Å². The van der Waals surface area contributed by atoms with Crippen molar-refractivity contribution in [3.8, 4) is 5.75 Å². The number of benzene rings is 1.